The van der Waals surface area contributed by atoms with Crippen LogP contribution >= 0.6 is 15.9 Å². The van der Waals surface area contributed by atoms with Crippen LogP contribution in [0.1, 0.15) is 30.4 Å². The zero-order valence-electron chi connectivity index (χ0n) is 13.2. The molecule has 1 amide bonds. The molecule has 122 valence electrons. The molecule has 2 aromatic rings. The standard InChI is InChI=1S/C19H18BrN3O/c20-17-10-13(11-21)7-8-18(17)22-12-14-3-1-6-16(9-14)23-19(24)15-4-2-5-15/h1,3,6-10,15,22H,2,4-5,12H2,(H,23,24). The lowest BCUT2D eigenvalue weighted by Crippen LogP contribution is -2.28. The maximum atomic E-state index is 12.0. The first kappa shape index (κ1) is 16.5. The molecule has 1 aliphatic rings. The van der Waals surface area contributed by atoms with E-state index in [1.54, 1.807) is 12.1 Å². The number of benzene rings is 2. The molecule has 0 atom stereocenters. The molecule has 0 spiro atoms. The maximum Gasteiger partial charge on any atom is 0.227 e. The van der Waals surface area contributed by atoms with E-state index in [-0.39, 0.29) is 11.8 Å². The zero-order chi connectivity index (χ0) is 16.9. The Morgan fingerprint density at radius 2 is 2.08 bits per heavy atom. The van der Waals surface area contributed by atoms with Gasteiger partial charge in [-0.25, -0.2) is 0 Å². The van der Waals surface area contributed by atoms with Crippen molar-refractivity contribution >= 4 is 33.2 Å². The first-order valence-electron chi connectivity index (χ1n) is 7.99. The Labute approximate surface area is 150 Å². The summed E-state index contributed by atoms with van der Waals surface area (Å²) in [6.07, 6.45) is 3.15. The molecule has 0 heterocycles. The van der Waals surface area contributed by atoms with Gasteiger partial charge in [0.25, 0.3) is 0 Å². The molecule has 24 heavy (non-hydrogen) atoms. The highest BCUT2D eigenvalue weighted by Gasteiger charge is 2.25. The van der Waals surface area contributed by atoms with Crippen LogP contribution < -0.4 is 10.6 Å². The number of nitrogens with zero attached hydrogens (tertiary/aromatic N) is 1. The van der Waals surface area contributed by atoms with Gasteiger partial charge in [-0.15, -0.1) is 0 Å². The molecule has 4 nitrogen and oxygen atoms in total. The molecule has 2 aromatic carbocycles. The summed E-state index contributed by atoms with van der Waals surface area (Å²) >= 11 is 3.47. The number of carbonyl (C=O) groups is 1. The first-order chi connectivity index (χ1) is 11.7. The predicted molar refractivity (Wildman–Crippen MR) is 98.6 cm³/mol. The Bertz CT molecular complexity index is 793. The molecule has 0 radical (unpaired) electrons. The number of hydrogen-bond donors (Lipinski definition) is 2. The van der Waals surface area contributed by atoms with Crippen molar-refractivity contribution in [3.63, 3.8) is 0 Å². The summed E-state index contributed by atoms with van der Waals surface area (Å²) in [4.78, 5) is 12.0. The van der Waals surface area contributed by atoms with E-state index in [0.717, 1.165) is 40.7 Å². The van der Waals surface area contributed by atoms with Gasteiger partial charge in [-0.05, 0) is 64.7 Å². The van der Waals surface area contributed by atoms with Gasteiger partial charge in [-0.2, -0.15) is 5.26 Å². The number of hydrogen-bond acceptors (Lipinski definition) is 3. The average molecular weight is 384 g/mol. The van der Waals surface area contributed by atoms with Crippen LogP contribution in [0.3, 0.4) is 0 Å². The quantitative estimate of drug-likeness (QED) is 0.787. The van der Waals surface area contributed by atoms with E-state index in [1.807, 2.05) is 30.3 Å². The topological polar surface area (TPSA) is 64.9 Å². The summed E-state index contributed by atoms with van der Waals surface area (Å²) in [7, 11) is 0. The third-order valence-electron chi connectivity index (χ3n) is 4.25. The van der Waals surface area contributed by atoms with Crippen molar-refractivity contribution in [3.05, 3.63) is 58.1 Å². The summed E-state index contributed by atoms with van der Waals surface area (Å²) in [5.41, 5.74) is 3.47. The number of anilines is 2. The lowest BCUT2D eigenvalue weighted by atomic mass is 9.85. The van der Waals surface area contributed by atoms with Crippen LogP contribution in [-0.2, 0) is 11.3 Å². The van der Waals surface area contributed by atoms with Crippen molar-refractivity contribution in [1.82, 2.24) is 0 Å². The highest BCUT2D eigenvalue weighted by molar-refractivity contribution is 9.10. The van der Waals surface area contributed by atoms with Gasteiger partial charge in [0.05, 0.1) is 11.6 Å². The summed E-state index contributed by atoms with van der Waals surface area (Å²) in [6.45, 7) is 0.637. The second kappa shape index (κ2) is 7.50. The van der Waals surface area contributed by atoms with Gasteiger partial charge in [0.1, 0.15) is 0 Å². The predicted octanol–water partition coefficient (Wildman–Crippen LogP) is 4.67. The number of rotatable bonds is 5. The Hall–Kier alpha value is -2.32. The fraction of sp³-hybridized carbons (Fsp3) is 0.263. The molecule has 0 bridgehead atoms. The van der Waals surface area contributed by atoms with Gasteiger partial charge in [-0.3, -0.25) is 4.79 Å². The van der Waals surface area contributed by atoms with Crippen molar-refractivity contribution in [2.24, 2.45) is 5.92 Å². The summed E-state index contributed by atoms with van der Waals surface area (Å²) in [5, 5.41) is 15.2. The molecular weight excluding hydrogens is 366 g/mol. The number of halogens is 1. The first-order valence-corrected chi connectivity index (χ1v) is 8.78. The van der Waals surface area contributed by atoms with Crippen LogP contribution in [-0.4, -0.2) is 5.91 Å². The van der Waals surface area contributed by atoms with Gasteiger partial charge < -0.3 is 10.6 Å². The van der Waals surface area contributed by atoms with Gasteiger partial charge in [-0.1, -0.05) is 18.6 Å². The molecule has 0 saturated heterocycles. The van der Waals surface area contributed by atoms with Crippen LogP contribution in [0.25, 0.3) is 0 Å². The minimum Gasteiger partial charge on any atom is -0.380 e. The Balaban J connectivity index is 1.62. The molecule has 3 rings (SSSR count). The highest BCUT2D eigenvalue weighted by Crippen LogP contribution is 2.28. The summed E-state index contributed by atoms with van der Waals surface area (Å²) < 4.78 is 0.857. The fourth-order valence-electron chi connectivity index (χ4n) is 2.60. The maximum absolute atomic E-state index is 12.0. The largest absolute Gasteiger partial charge is 0.380 e. The van der Waals surface area contributed by atoms with Crippen molar-refractivity contribution in [2.45, 2.75) is 25.8 Å². The normalized spacial score (nSPS) is 13.7. The molecule has 0 aromatic heterocycles. The average Bonchev–Trinajstić information content (AvgIpc) is 2.52. The molecule has 0 unspecified atom stereocenters. The number of carbonyl (C=O) groups excluding carboxylic acids is 1. The molecular formula is C19H18BrN3O. The van der Waals surface area contributed by atoms with E-state index in [0.29, 0.717) is 12.1 Å². The van der Waals surface area contributed by atoms with E-state index >= 15 is 0 Å². The minimum absolute atomic E-state index is 0.126. The van der Waals surface area contributed by atoms with Gasteiger partial charge >= 0.3 is 0 Å². The fourth-order valence-corrected chi connectivity index (χ4v) is 3.12. The second-order valence-electron chi connectivity index (χ2n) is 5.98. The molecule has 5 heteroatoms. The lowest BCUT2D eigenvalue weighted by Gasteiger charge is -2.24. The lowest BCUT2D eigenvalue weighted by molar-refractivity contribution is -0.122. The Morgan fingerprint density at radius 1 is 1.25 bits per heavy atom. The summed E-state index contributed by atoms with van der Waals surface area (Å²) in [6, 6.07) is 15.4. The van der Waals surface area contributed by atoms with Gasteiger partial charge in [0.2, 0.25) is 5.91 Å². The van der Waals surface area contributed by atoms with Crippen LogP contribution in [0.4, 0.5) is 11.4 Å². The number of nitrogens with one attached hydrogen (secondary N) is 2. The molecule has 0 aliphatic heterocycles. The van der Waals surface area contributed by atoms with Crippen molar-refractivity contribution in [1.29, 1.82) is 5.26 Å². The smallest absolute Gasteiger partial charge is 0.227 e. The van der Waals surface area contributed by atoms with Crippen molar-refractivity contribution in [2.75, 3.05) is 10.6 Å². The third-order valence-corrected chi connectivity index (χ3v) is 4.91. The van der Waals surface area contributed by atoms with Crippen LogP contribution in [0.2, 0.25) is 0 Å². The molecule has 1 fully saturated rings. The number of nitriles is 1. The number of amides is 1. The Kier molecular flexibility index (Phi) is 5.17. The van der Waals surface area contributed by atoms with E-state index in [4.69, 9.17) is 5.26 Å². The summed E-state index contributed by atoms with van der Waals surface area (Å²) in [5.74, 6) is 0.308. The van der Waals surface area contributed by atoms with Crippen molar-refractivity contribution < 1.29 is 4.79 Å². The zero-order valence-corrected chi connectivity index (χ0v) is 14.8. The minimum atomic E-state index is 0.126. The van der Waals surface area contributed by atoms with Gasteiger partial charge in [0, 0.05) is 28.3 Å². The van der Waals surface area contributed by atoms with Crippen LogP contribution in [0.5, 0.6) is 0 Å². The molecule has 2 N–H and O–H groups in total. The van der Waals surface area contributed by atoms with E-state index < -0.39 is 0 Å². The highest BCUT2D eigenvalue weighted by atomic mass is 79.9. The molecule has 1 aliphatic carbocycles. The molecule has 1 saturated carbocycles. The van der Waals surface area contributed by atoms with E-state index in [2.05, 4.69) is 32.6 Å². The van der Waals surface area contributed by atoms with Crippen molar-refractivity contribution in [3.8, 4) is 6.07 Å². The second-order valence-corrected chi connectivity index (χ2v) is 6.83. The van der Waals surface area contributed by atoms with Crippen LogP contribution in [0, 0.1) is 17.2 Å². The SMILES string of the molecule is N#Cc1ccc(NCc2cccc(NC(=O)C3CCC3)c2)c(Br)c1. The van der Waals surface area contributed by atoms with E-state index in [9.17, 15) is 4.79 Å². The van der Waals surface area contributed by atoms with Crippen LogP contribution in [0.15, 0.2) is 46.9 Å². The van der Waals surface area contributed by atoms with Gasteiger partial charge in [0.15, 0.2) is 0 Å². The third kappa shape index (κ3) is 3.95. The Morgan fingerprint density at radius 3 is 2.75 bits per heavy atom. The van der Waals surface area contributed by atoms with E-state index in [1.165, 1.54) is 0 Å². The monoisotopic (exact) mass is 383 g/mol.